The topological polar surface area (TPSA) is 66.4 Å². The third-order valence-corrected chi connectivity index (χ3v) is 2.98. The number of carboxylic acid groups (broad SMARTS) is 1. The first-order valence-corrected chi connectivity index (χ1v) is 6.44. The van der Waals surface area contributed by atoms with Gasteiger partial charge in [-0.2, -0.15) is 0 Å². The maximum absolute atomic E-state index is 12.1. The molecule has 0 saturated carbocycles. The Kier molecular flexibility index (Phi) is 4.51. The lowest BCUT2D eigenvalue weighted by Gasteiger charge is -2.08. The number of aliphatic carboxylic acids is 1. The minimum absolute atomic E-state index is 0.196. The average Bonchev–Trinajstić information content (AvgIpc) is 2.48. The summed E-state index contributed by atoms with van der Waals surface area (Å²) in [4.78, 5) is 22.6. The second-order valence-corrected chi connectivity index (χ2v) is 4.56. The van der Waals surface area contributed by atoms with Crippen LogP contribution in [0.5, 0.6) is 0 Å². The van der Waals surface area contributed by atoms with Crippen molar-refractivity contribution in [3.05, 3.63) is 71.3 Å². The Labute approximate surface area is 122 Å². The molecule has 0 aliphatic carbocycles. The monoisotopic (exact) mass is 281 g/mol. The Balaban J connectivity index is 2.10. The number of anilines is 1. The molecule has 0 unspecified atom stereocenters. The second kappa shape index (κ2) is 6.52. The minimum Gasteiger partial charge on any atom is -0.478 e. The Morgan fingerprint density at radius 1 is 1.05 bits per heavy atom. The molecule has 0 bridgehead atoms. The van der Waals surface area contributed by atoms with Crippen LogP contribution in [0.1, 0.15) is 21.5 Å². The standard InChI is InChI=1S/C17H15NO3/c1-12-4-2-3-5-15(12)18-17(21)14-9-6-13(7-10-14)8-11-16(19)20/h2-11H,1H3,(H,18,21)(H,19,20). The summed E-state index contributed by atoms with van der Waals surface area (Å²) in [5.74, 6) is -1.20. The zero-order valence-corrected chi connectivity index (χ0v) is 11.5. The lowest BCUT2D eigenvalue weighted by Crippen LogP contribution is -2.12. The normalized spacial score (nSPS) is 10.5. The Bertz CT molecular complexity index is 687. The van der Waals surface area contributed by atoms with Gasteiger partial charge in [0, 0.05) is 17.3 Å². The molecule has 0 spiro atoms. The van der Waals surface area contributed by atoms with E-state index < -0.39 is 5.97 Å². The number of rotatable bonds is 4. The van der Waals surface area contributed by atoms with E-state index in [0.29, 0.717) is 5.56 Å². The van der Waals surface area contributed by atoms with E-state index >= 15 is 0 Å². The molecule has 4 heteroatoms. The van der Waals surface area contributed by atoms with E-state index in [4.69, 9.17) is 5.11 Å². The van der Waals surface area contributed by atoms with Crippen molar-refractivity contribution in [3.8, 4) is 0 Å². The molecule has 0 atom stereocenters. The van der Waals surface area contributed by atoms with Crippen LogP contribution < -0.4 is 5.32 Å². The highest BCUT2D eigenvalue weighted by Crippen LogP contribution is 2.15. The molecule has 0 saturated heterocycles. The number of benzene rings is 2. The molecule has 21 heavy (non-hydrogen) atoms. The highest BCUT2D eigenvalue weighted by atomic mass is 16.4. The van der Waals surface area contributed by atoms with E-state index in [1.807, 2.05) is 31.2 Å². The lowest BCUT2D eigenvalue weighted by molar-refractivity contribution is -0.131. The van der Waals surface area contributed by atoms with Gasteiger partial charge in [-0.25, -0.2) is 4.79 Å². The summed E-state index contributed by atoms with van der Waals surface area (Å²) in [6.07, 6.45) is 2.54. The van der Waals surface area contributed by atoms with Crippen LogP contribution in [0, 0.1) is 6.92 Å². The number of carbonyl (C=O) groups is 2. The van der Waals surface area contributed by atoms with Gasteiger partial charge in [0.05, 0.1) is 0 Å². The van der Waals surface area contributed by atoms with E-state index in [9.17, 15) is 9.59 Å². The summed E-state index contributed by atoms with van der Waals surface area (Å²) in [5, 5.41) is 11.4. The van der Waals surface area contributed by atoms with Crippen LogP contribution in [0.15, 0.2) is 54.6 Å². The Morgan fingerprint density at radius 3 is 2.33 bits per heavy atom. The molecular formula is C17H15NO3. The largest absolute Gasteiger partial charge is 0.478 e. The van der Waals surface area contributed by atoms with Gasteiger partial charge in [-0.05, 0) is 42.3 Å². The smallest absolute Gasteiger partial charge is 0.328 e. The number of hydrogen-bond donors (Lipinski definition) is 2. The minimum atomic E-state index is -1.00. The van der Waals surface area contributed by atoms with Crippen molar-refractivity contribution >= 4 is 23.6 Å². The third-order valence-electron chi connectivity index (χ3n) is 2.98. The van der Waals surface area contributed by atoms with Crippen molar-refractivity contribution in [1.82, 2.24) is 0 Å². The van der Waals surface area contributed by atoms with Gasteiger partial charge < -0.3 is 10.4 Å². The molecule has 2 aromatic carbocycles. The number of carboxylic acids is 1. The lowest BCUT2D eigenvalue weighted by atomic mass is 10.1. The molecule has 2 aromatic rings. The summed E-state index contributed by atoms with van der Waals surface area (Å²) in [7, 11) is 0. The number of carbonyl (C=O) groups excluding carboxylic acids is 1. The fraction of sp³-hybridized carbons (Fsp3) is 0.0588. The Hall–Kier alpha value is -2.88. The first-order chi connectivity index (χ1) is 10.1. The summed E-state index contributed by atoms with van der Waals surface area (Å²) in [6, 6.07) is 14.3. The van der Waals surface area contributed by atoms with Crippen molar-refractivity contribution < 1.29 is 14.7 Å². The van der Waals surface area contributed by atoms with Gasteiger partial charge in [0.15, 0.2) is 0 Å². The molecule has 0 aliphatic heterocycles. The molecule has 0 fully saturated rings. The van der Waals surface area contributed by atoms with Crippen molar-refractivity contribution in [2.24, 2.45) is 0 Å². The van der Waals surface area contributed by atoms with E-state index in [1.165, 1.54) is 6.08 Å². The van der Waals surface area contributed by atoms with Gasteiger partial charge in [-0.15, -0.1) is 0 Å². The Morgan fingerprint density at radius 2 is 1.71 bits per heavy atom. The molecule has 2 rings (SSSR count). The van der Waals surface area contributed by atoms with Crippen molar-refractivity contribution in [2.75, 3.05) is 5.32 Å². The zero-order chi connectivity index (χ0) is 15.2. The second-order valence-electron chi connectivity index (χ2n) is 4.56. The molecule has 2 N–H and O–H groups in total. The molecular weight excluding hydrogens is 266 g/mol. The predicted octanol–water partition coefficient (Wildman–Crippen LogP) is 3.35. The molecule has 0 radical (unpaired) electrons. The van der Waals surface area contributed by atoms with E-state index in [-0.39, 0.29) is 5.91 Å². The van der Waals surface area contributed by atoms with Crippen molar-refractivity contribution in [3.63, 3.8) is 0 Å². The SMILES string of the molecule is Cc1ccccc1NC(=O)c1ccc(C=CC(=O)O)cc1. The molecule has 4 nitrogen and oxygen atoms in total. The quantitative estimate of drug-likeness (QED) is 0.845. The van der Waals surface area contributed by atoms with Crippen LogP contribution in [-0.2, 0) is 4.79 Å². The van der Waals surface area contributed by atoms with E-state index in [0.717, 1.165) is 22.9 Å². The average molecular weight is 281 g/mol. The van der Waals surface area contributed by atoms with Crippen molar-refractivity contribution in [1.29, 1.82) is 0 Å². The van der Waals surface area contributed by atoms with E-state index in [2.05, 4.69) is 5.32 Å². The van der Waals surface area contributed by atoms with Crippen LogP contribution in [0.2, 0.25) is 0 Å². The summed E-state index contributed by atoms with van der Waals surface area (Å²) in [6.45, 7) is 1.93. The highest BCUT2D eigenvalue weighted by molar-refractivity contribution is 6.04. The van der Waals surface area contributed by atoms with Crippen molar-refractivity contribution in [2.45, 2.75) is 6.92 Å². The van der Waals surface area contributed by atoms with Gasteiger partial charge in [0.25, 0.3) is 5.91 Å². The molecule has 0 aromatic heterocycles. The maximum Gasteiger partial charge on any atom is 0.328 e. The van der Waals surface area contributed by atoms with Gasteiger partial charge in [0.1, 0.15) is 0 Å². The summed E-state index contributed by atoms with van der Waals surface area (Å²) < 4.78 is 0. The van der Waals surface area contributed by atoms with Crippen LogP contribution in [0.3, 0.4) is 0 Å². The first-order valence-electron chi connectivity index (χ1n) is 6.44. The predicted molar refractivity (Wildman–Crippen MR) is 82.2 cm³/mol. The number of hydrogen-bond acceptors (Lipinski definition) is 2. The fourth-order valence-electron chi connectivity index (χ4n) is 1.82. The zero-order valence-electron chi connectivity index (χ0n) is 11.5. The third kappa shape index (κ3) is 4.04. The highest BCUT2D eigenvalue weighted by Gasteiger charge is 2.06. The van der Waals surface area contributed by atoms with Crippen LogP contribution in [-0.4, -0.2) is 17.0 Å². The number of amides is 1. The number of aryl methyl sites for hydroxylation is 1. The maximum atomic E-state index is 12.1. The molecule has 106 valence electrons. The van der Waals surface area contributed by atoms with Gasteiger partial charge in [0.2, 0.25) is 0 Å². The van der Waals surface area contributed by atoms with Gasteiger partial charge in [-0.3, -0.25) is 4.79 Å². The summed E-state index contributed by atoms with van der Waals surface area (Å²) in [5.41, 5.74) is 3.01. The first kappa shape index (κ1) is 14.5. The van der Waals surface area contributed by atoms with E-state index in [1.54, 1.807) is 24.3 Å². The summed E-state index contributed by atoms with van der Waals surface area (Å²) >= 11 is 0. The molecule has 0 aliphatic rings. The fourth-order valence-corrected chi connectivity index (χ4v) is 1.82. The van der Waals surface area contributed by atoms with Gasteiger partial charge >= 0.3 is 5.97 Å². The van der Waals surface area contributed by atoms with Crippen LogP contribution in [0.25, 0.3) is 6.08 Å². The molecule has 1 amide bonds. The number of para-hydroxylation sites is 1. The molecule has 0 heterocycles. The van der Waals surface area contributed by atoms with Crippen LogP contribution in [0.4, 0.5) is 5.69 Å². The van der Waals surface area contributed by atoms with Crippen LogP contribution >= 0.6 is 0 Å². The van der Waals surface area contributed by atoms with Gasteiger partial charge in [-0.1, -0.05) is 30.3 Å². The number of nitrogens with one attached hydrogen (secondary N) is 1.